The zero-order valence-electron chi connectivity index (χ0n) is 9.98. The summed E-state index contributed by atoms with van der Waals surface area (Å²) in [5.74, 6) is 1.75. The Morgan fingerprint density at radius 1 is 1.29 bits per heavy atom. The third kappa shape index (κ3) is 2.25. The minimum atomic E-state index is 0.336. The number of phenols is 1. The molecular formula is C14H19NO2. The van der Waals surface area contributed by atoms with Crippen LogP contribution in [0.15, 0.2) is 18.2 Å². The van der Waals surface area contributed by atoms with Gasteiger partial charge in [0.05, 0.1) is 6.61 Å². The van der Waals surface area contributed by atoms with Crippen molar-refractivity contribution in [3.8, 4) is 11.5 Å². The molecule has 2 aliphatic rings. The van der Waals surface area contributed by atoms with Gasteiger partial charge in [-0.3, -0.25) is 0 Å². The van der Waals surface area contributed by atoms with E-state index in [9.17, 15) is 5.11 Å². The average molecular weight is 233 g/mol. The van der Waals surface area contributed by atoms with Crippen LogP contribution in [-0.2, 0) is 0 Å². The number of phenolic OH excluding ortho intramolecular Hbond substituents is 1. The van der Waals surface area contributed by atoms with Crippen LogP contribution in [0.1, 0.15) is 37.2 Å². The summed E-state index contributed by atoms with van der Waals surface area (Å²) in [5.41, 5.74) is 1.16. The summed E-state index contributed by atoms with van der Waals surface area (Å²) in [5, 5.41) is 13.2. The van der Waals surface area contributed by atoms with Gasteiger partial charge in [-0.05, 0) is 37.5 Å². The minimum absolute atomic E-state index is 0.336. The lowest BCUT2D eigenvalue weighted by Crippen LogP contribution is -2.38. The fourth-order valence-corrected chi connectivity index (χ4v) is 2.59. The molecule has 1 atom stereocenters. The van der Waals surface area contributed by atoms with Crippen LogP contribution in [0.3, 0.4) is 0 Å². The second-order valence-electron chi connectivity index (χ2n) is 5.09. The zero-order valence-corrected chi connectivity index (χ0v) is 9.98. The normalized spacial score (nSPS) is 23.6. The van der Waals surface area contributed by atoms with Crippen molar-refractivity contribution in [2.24, 2.45) is 0 Å². The standard InChI is InChI=1S/C14H19NO2/c16-12-4-5-14-13(8-12)10(6-7-17-14)9-15-11-2-1-3-11/h4-5,8,10-11,15-16H,1-3,6-7,9H2. The van der Waals surface area contributed by atoms with E-state index < -0.39 is 0 Å². The topological polar surface area (TPSA) is 41.5 Å². The molecule has 1 aliphatic carbocycles. The van der Waals surface area contributed by atoms with Gasteiger partial charge in [0.25, 0.3) is 0 Å². The van der Waals surface area contributed by atoms with E-state index >= 15 is 0 Å². The van der Waals surface area contributed by atoms with Gasteiger partial charge in [-0.2, -0.15) is 0 Å². The molecule has 92 valence electrons. The summed E-state index contributed by atoms with van der Waals surface area (Å²) in [7, 11) is 0. The van der Waals surface area contributed by atoms with E-state index in [-0.39, 0.29) is 0 Å². The molecule has 0 spiro atoms. The second-order valence-corrected chi connectivity index (χ2v) is 5.09. The van der Waals surface area contributed by atoms with Crippen molar-refractivity contribution in [3.63, 3.8) is 0 Å². The van der Waals surface area contributed by atoms with Crippen molar-refractivity contribution in [1.29, 1.82) is 0 Å². The van der Waals surface area contributed by atoms with Crippen LogP contribution in [0.5, 0.6) is 11.5 Å². The Balaban J connectivity index is 1.71. The Hall–Kier alpha value is -1.22. The van der Waals surface area contributed by atoms with Gasteiger partial charge < -0.3 is 15.2 Å². The highest BCUT2D eigenvalue weighted by atomic mass is 16.5. The van der Waals surface area contributed by atoms with Gasteiger partial charge in [0.15, 0.2) is 0 Å². The monoisotopic (exact) mass is 233 g/mol. The predicted molar refractivity (Wildman–Crippen MR) is 66.6 cm³/mol. The van der Waals surface area contributed by atoms with Crippen molar-refractivity contribution in [2.45, 2.75) is 37.6 Å². The Morgan fingerprint density at radius 2 is 2.18 bits per heavy atom. The molecule has 0 saturated heterocycles. The van der Waals surface area contributed by atoms with E-state index in [4.69, 9.17) is 4.74 Å². The van der Waals surface area contributed by atoms with Crippen molar-refractivity contribution in [1.82, 2.24) is 5.32 Å². The molecule has 1 heterocycles. The number of ether oxygens (including phenoxy) is 1. The van der Waals surface area contributed by atoms with Gasteiger partial charge in [0, 0.05) is 24.1 Å². The maximum absolute atomic E-state index is 9.56. The van der Waals surface area contributed by atoms with Gasteiger partial charge in [0.1, 0.15) is 11.5 Å². The molecule has 3 rings (SSSR count). The molecule has 1 fully saturated rings. The van der Waals surface area contributed by atoms with Crippen molar-refractivity contribution >= 4 is 0 Å². The lowest BCUT2D eigenvalue weighted by Gasteiger charge is -2.31. The highest BCUT2D eigenvalue weighted by molar-refractivity contribution is 5.43. The van der Waals surface area contributed by atoms with Crippen LogP contribution in [0.4, 0.5) is 0 Å². The summed E-state index contributed by atoms with van der Waals surface area (Å²) < 4.78 is 5.62. The number of nitrogens with one attached hydrogen (secondary N) is 1. The zero-order chi connectivity index (χ0) is 11.7. The molecule has 0 bridgehead atoms. The third-order valence-electron chi connectivity index (χ3n) is 3.92. The summed E-state index contributed by atoms with van der Waals surface area (Å²) >= 11 is 0. The van der Waals surface area contributed by atoms with E-state index in [1.165, 1.54) is 19.3 Å². The minimum Gasteiger partial charge on any atom is -0.508 e. The Bertz CT molecular complexity index is 401. The van der Waals surface area contributed by atoms with Crippen molar-refractivity contribution < 1.29 is 9.84 Å². The molecule has 2 N–H and O–H groups in total. The Kier molecular flexibility index (Phi) is 2.93. The van der Waals surface area contributed by atoms with Crippen LogP contribution in [-0.4, -0.2) is 24.3 Å². The van der Waals surface area contributed by atoms with Crippen LogP contribution in [0.2, 0.25) is 0 Å². The lowest BCUT2D eigenvalue weighted by molar-refractivity contribution is 0.253. The molecule has 1 aromatic carbocycles. The van der Waals surface area contributed by atoms with E-state index in [1.807, 2.05) is 12.1 Å². The summed E-state index contributed by atoms with van der Waals surface area (Å²) in [6.45, 7) is 1.79. The first kappa shape index (κ1) is 10.9. The Morgan fingerprint density at radius 3 is 2.94 bits per heavy atom. The summed E-state index contributed by atoms with van der Waals surface area (Å²) in [6.07, 6.45) is 5.03. The van der Waals surface area contributed by atoms with E-state index in [2.05, 4.69) is 5.32 Å². The van der Waals surface area contributed by atoms with Gasteiger partial charge in [-0.25, -0.2) is 0 Å². The molecule has 0 radical (unpaired) electrons. The number of fused-ring (bicyclic) bond motifs is 1. The quantitative estimate of drug-likeness (QED) is 0.842. The fraction of sp³-hybridized carbons (Fsp3) is 0.571. The molecule has 1 aromatic rings. The highest BCUT2D eigenvalue weighted by Crippen LogP contribution is 2.35. The third-order valence-corrected chi connectivity index (χ3v) is 3.92. The molecule has 1 saturated carbocycles. The summed E-state index contributed by atoms with van der Waals surface area (Å²) in [6, 6.07) is 6.14. The van der Waals surface area contributed by atoms with E-state index in [1.54, 1.807) is 6.07 Å². The first-order valence-electron chi connectivity index (χ1n) is 6.52. The predicted octanol–water partition coefficient (Wildman–Crippen LogP) is 2.40. The number of aromatic hydroxyl groups is 1. The smallest absolute Gasteiger partial charge is 0.123 e. The molecule has 3 heteroatoms. The van der Waals surface area contributed by atoms with Gasteiger partial charge >= 0.3 is 0 Å². The Labute approximate surface area is 102 Å². The average Bonchev–Trinajstić information content (AvgIpc) is 2.27. The number of benzene rings is 1. The van der Waals surface area contributed by atoms with Gasteiger partial charge in [-0.1, -0.05) is 6.42 Å². The number of rotatable bonds is 3. The van der Waals surface area contributed by atoms with Crippen LogP contribution >= 0.6 is 0 Å². The number of hydrogen-bond donors (Lipinski definition) is 2. The highest BCUT2D eigenvalue weighted by Gasteiger charge is 2.24. The second kappa shape index (κ2) is 4.57. The van der Waals surface area contributed by atoms with Crippen molar-refractivity contribution in [2.75, 3.05) is 13.2 Å². The summed E-state index contributed by atoms with van der Waals surface area (Å²) in [4.78, 5) is 0. The lowest BCUT2D eigenvalue weighted by atomic mass is 9.89. The van der Waals surface area contributed by atoms with E-state index in [0.29, 0.717) is 11.7 Å². The molecule has 0 amide bonds. The van der Waals surface area contributed by atoms with Gasteiger partial charge in [0.2, 0.25) is 0 Å². The fourth-order valence-electron chi connectivity index (χ4n) is 2.59. The first-order valence-corrected chi connectivity index (χ1v) is 6.52. The number of hydrogen-bond acceptors (Lipinski definition) is 3. The largest absolute Gasteiger partial charge is 0.508 e. The molecule has 17 heavy (non-hydrogen) atoms. The first-order chi connectivity index (χ1) is 8.33. The maximum Gasteiger partial charge on any atom is 0.123 e. The van der Waals surface area contributed by atoms with Gasteiger partial charge in [-0.15, -0.1) is 0 Å². The molecular weight excluding hydrogens is 214 g/mol. The van der Waals surface area contributed by atoms with Crippen LogP contribution < -0.4 is 10.1 Å². The molecule has 3 nitrogen and oxygen atoms in total. The molecule has 0 aromatic heterocycles. The molecule has 1 aliphatic heterocycles. The van der Waals surface area contributed by atoms with E-state index in [0.717, 1.165) is 36.9 Å². The van der Waals surface area contributed by atoms with Crippen LogP contribution in [0, 0.1) is 0 Å². The van der Waals surface area contributed by atoms with Crippen molar-refractivity contribution in [3.05, 3.63) is 23.8 Å². The molecule has 1 unspecified atom stereocenters. The SMILES string of the molecule is Oc1ccc2c(c1)C(CNC1CCC1)CCO2. The maximum atomic E-state index is 9.56. The van der Waals surface area contributed by atoms with Crippen LogP contribution in [0.25, 0.3) is 0 Å².